The molecule has 0 aromatic heterocycles. The Hall–Kier alpha value is -0.820. The summed E-state index contributed by atoms with van der Waals surface area (Å²) in [4.78, 5) is 0. The predicted octanol–water partition coefficient (Wildman–Crippen LogP) is 3.23. The van der Waals surface area contributed by atoms with Gasteiger partial charge in [-0.25, -0.2) is 0 Å². The summed E-state index contributed by atoms with van der Waals surface area (Å²) in [7, 11) is 0. The highest BCUT2D eigenvalue weighted by atomic mass is 16.3. The van der Waals surface area contributed by atoms with Gasteiger partial charge >= 0.3 is 0 Å². The summed E-state index contributed by atoms with van der Waals surface area (Å²) in [6.45, 7) is 11.7. The molecule has 1 N–H and O–H groups in total. The Labute approximate surface area is 86.8 Å². The molecule has 0 saturated heterocycles. The molecule has 78 valence electrons. The molecule has 0 heterocycles. The molecule has 1 rings (SSSR count). The Balaban J connectivity index is 2.85. The Morgan fingerprint density at radius 3 is 2.93 bits per heavy atom. The Kier molecular flexibility index (Phi) is 3.33. The van der Waals surface area contributed by atoms with E-state index in [4.69, 9.17) is 0 Å². The van der Waals surface area contributed by atoms with Crippen LogP contribution in [0.3, 0.4) is 0 Å². The van der Waals surface area contributed by atoms with Gasteiger partial charge in [-0.05, 0) is 44.6 Å². The van der Waals surface area contributed by atoms with Crippen LogP contribution in [-0.4, -0.2) is 10.7 Å². The van der Waals surface area contributed by atoms with Crippen LogP contribution in [0, 0.1) is 5.92 Å². The third kappa shape index (κ3) is 2.16. The SMILES string of the molecule is C=CC[C@@]1(O)C[C@H](C(=C)C)CC=C1C. The van der Waals surface area contributed by atoms with Crippen molar-refractivity contribution in [2.45, 2.75) is 38.7 Å². The van der Waals surface area contributed by atoms with Crippen LogP contribution in [0.25, 0.3) is 0 Å². The fourth-order valence-corrected chi connectivity index (χ4v) is 2.02. The number of rotatable bonds is 3. The largest absolute Gasteiger partial charge is 0.385 e. The van der Waals surface area contributed by atoms with Crippen LogP contribution in [0.15, 0.2) is 36.5 Å². The predicted molar refractivity (Wildman–Crippen MR) is 61.1 cm³/mol. The van der Waals surface area contributed by atoms with Gasteiger partial charge < -0.3 is 5.11 Å². The van der Waals surface area contributed by atoms with Gasteiger partial charge in [0.15, 0.2) is 0 Å². The minimum atomic E-state index is -0.677. The average molecular weight is 192 g/mol. The molecule has 1 aliphatic rings. The number of allylic oxidation sites excluding steroid dienone is 2. The minimum Gasteiger partial charge on any atom is -0.385 e. The first-order valence-corrected chi connectivity index (χ1v) is 5.15. The molecule has 14 heavy (non-hydrogen) atoms. The van der Waals surface area contributed by atoms with E-state index >= 15 is 0 Å². The standard InChI is InChI=1S/C13H20O/c1-5-8-13(14)9-12(10(2)3)7-6-11(13)4/h5-6,12,14H,1-2,7-9H2,3-4H3/t12-,13-/m1/s1. The van der Waals surface area contributed by atoms with Gasteiger partial charge in [-0.3, -0.25) is 0 Å². The van der Waals surface area contributed by atoms with Crippen molar-refractivity contribution in [3.63, 3.8) is 0 Å². The van der Waals surface area contributed by atoms with Crippen LogP contribution in [0.5, 0.6) is 0 Å². The van der Waals surface area contributed by atoms with Crippen molar-refractivity contribution in [3.8, 4) is 0 Å². The summed E-state index contributed by atoms with van der Waals surface area (Å²) in [5.74, 6) is 0.420. The van der Waals surface area contributed by atoms with E-state index in [1.807, 2.05) is 13.8 Å². The molecule has 0 unspecified atom stereocenters. The maximum Gasteiger partial charge on any atom is 0.0894 e. The fourth-order valence-electron chi connectivity index (χ4n) is 2.02. The molecule has 2 atom stereocenters. The number of hydrogen-bond acceptors (Lipinski definition) is 1. The van der Waals surface area contributed by atoms with Crippen LogP contribution in [0.1, 0.15) is 33.1 Å². The van der Waals surface area contributed by atoms with Crippen molar-refractivity contribution < 1.29 is 5.11 Å². The van der Waals surface area contributed by atoms with E-state index in [0.29, 0.717) is 12.3 Å². The zero-order chi connectivity index (χ0) is 10.8. The summed E-state index contributed by atoms with van der Waals surface area (Å²) >= 11 is 0. The first kappa shape index (κ1) is 11.3. The molecule has 0 saturated carbocycles. The van der Waals surface area contributed by atoms with Crippen molar-refractivity contribution in [1.82, 2.24) is 0 Å². The molecule has 1 nitrogen and oxygen atoms in total. The second-order valence-corrected chi connectivity index (χ2v) is 4.39. The molecule has 0 spiro atoms. The molecule has 0 aliphatic heterocycles. The van der Waals surface area contributed by atoms with Crippen LogP contribution < -0.4 is 0 Å². The summed E-state index contributed by atoms with van der Waals surface area (Å²) in [5.41, 5.74) is 1.56. The quantitative estimate of drug-likeness (QED) is 0.681. The topological polar surface area (TPSA) is 20.2 Å². The molecule has 0 radical (unpaired) electrons. The third-order valence-electron chi connectivity index (χ3n) is 3.21. The molecule has 1 heteroatoms. The smallest absolute Gasteiger partial charge is 0.0894 e. The van der Waals surface area contributed by atoms with Crippen molar-refractivity contribution in [2.24, 2.45) is 5.92 Å². The Bertz CT molecular complexity index is 275. The van der Waals surface area contributed by atoms with Gasteiger partial charge in [0.25, 0.3) is 0 Å². The van der Waals surface area contributed by atoms with E-state index in [0.717, 1.165) is 24.0 Å². The van der Waals surface area contributed by atoms with Gasteiger partial charge in [0.05, 0.1) is 5.60 Å². The van der Waals surface area contributed by atoms with Crippen LogP contribution >= 0.6 is 0 Å². The molecule has 0 fully saturated rings. The molecule has 1 aliphatic carbocycles. The lowest BCUT2D eigenvalue weighted by atomic mass is 9.74. The Morgan fingerprint density at radius 2 is 2.43 bits per heavy atom. The van der Waals surface area contributed by atoms with Gasteiger partial charge in [-0.15, -0.1) is 6.58 Å². The van der Waals surface area contributed by atoms with E-state index in [9.17, 15) is 5.11 Å². The van der Waals surface area contributed by atoms with Crippen molar-refractivity contribution in [1.29, 1.82) is 0 Å². The molecule has 0 bridgehead atoms. The van der Waals surface area contributed by atoms with Gasteiger partial charge in [0.1, 0.15) is 0 Å². The van der Waals surface area contributed by atoms with E-state index in [2.05, 4.69) is 19.2 Å². The molecule has 0 aromatic carbocycles. The van der Waals surface area contributed by atoms with Crippen LogP contribution in [-0.2, 0) is 0 Å². The number of aliphatic hydroxyl groups is 1. The number of hydrogen-bond donors (Lipinski definition) is 1. The van der Waals surface area contributed by atoms with Gasteiger partial charge in [-0.2, -0.15) is 0 Å². The highest BCUT2D eigenvalue weighted by Gasteiger charge is 2.34. The van der Waals surface area contributed by atoms with E-state index in [-0.39, 0.29) is 0 Å². The molecular weight excluding hydrogens is 172 g/mol. The minimum absolute atomic E-state index is 0.420. The first-order valence-electron chi connectivity index (χ1n) is 5.15. The second kappa shape index (κ2) is 4.14. The van der Waals surface area contributed by atoms with Crippen molar-refractivity contribution >= 4 is 0 Å². The highest BCUT2D eigenvalue weighted by molar-refractivity contribution is 5.22. The maximum atomic E-state index is 10.4. The van der Waals surface area contributed by atoms with E-state index in [1.165, 1.54) is 0 Å². The summed E-state index contributed by atoms with van der Waals surface area (Å²) in [6, 6.07) is 0. The fraction of sp³-hybridized carbons (Fsp3) is 0.538. The van der Waals surface area contributed by atoms with Crippen molar-refractivity contribution in [2.75, 3.05) is 0 Å². The zero-order valence-electron chi connectivity index (χ0n) is 9.21. The maximum absolute atomic E-state index is 10.4. The average Bonchev–Trinajstić information content (AvgIpc) is 2.10. The van der Waals surface area contributed by atoms with Crippen LogP contribution in [0.4, 0.5) is 0 Å². The third-order valence-corrected chi connectivity index (χ3v) is 3.21. The van der Waals surface area contributed by atoms with Gasteiger partial charge in [0.2, 0.25) is 0 Å². The summed E-state index contributed by atoms with van der Waals surface area (Å²) in [5, 5.41) is 10.4. The van der Waals surface area contributed by atoms with Crippen molar-refractivity contribution in [3.05, 3.63) is 36.5 Å². The normalized spacial score (nSPS) is 32.2. The zero-order valence-corrected chi connectivity index (χ0v) is 9.21. The van der Waals surface area contributed by atoms with Gasteiger partial charge in [0, 0.05) is 0 Å². The van der Waals surface area contributed by atoms with Gasteiger partial charge in [-0.1, -0.05) is 24.3 Å². The molecule has 0 amide bonds. The van der Waals surface area contributed by atoms with Crippen LogP contribution in [0.2, 0.25) is 0 Å². The Morgan fingerprint density at radius 1 is 1.79 bits per heavy atom. The second-order valence-electron chi connectivity index (χ2n) is 4.39. The first-order chi connectivity index (χ1) is 6.49. The summed E-state index contributed by atoms with van der Waals surface area (Å²) < 4.78 is 0. The van der Waals surface area contributed by atoms with E-state index < -0.39 is 5.60 Å². The lowest BCUT2D eigenvalue weighted by Crippen LogP contribution is -2.35. The molecule has 0 aromatic rings. The lowest BCUT2D eigenvalue weighted by molar-refractivity contribution is 0.0524. The lowest BCUT2D eigenvalue weighted by Gasteiger charge is -2.36. The molecular formula is C13H20O. The monoisotopic (exact) mass is 192 g/mol. The highest BCUT2D eigenvalue weighted by Crippen LogP contribution is 2.37. The summed E-state index contributed by atoms with van der Waals surface area (Å²) in [6.07, 6.45) is 6.36. The van der Waals surface area contributed by atoms with E-state index in [1.54, 1.807) is 6.08 Å².